The average Bonchev–Trinajstić information content (AvgIpc) is 2.73. The van der Waals surface area contributed by atoms with Gasteiger partial charge in [0, 0.05) is 36.5 Å². The van der Waals surface area contributed by atoms with Crippen molar-refractivity contribution in [2.45, 2.75) is 32.2 Å². The second kappa shape index (κ2) is 9.57. The van der Waals surface area contributed by atoms with Crippen LogP contribution in [-0.4, -0.2) is 17.6 Å². The van der Waals surface area contributed by atoms with Gasteiger partial charge in [0.05, 0.1) is 7.11 Å². The lowest BCUT2D eigenvalue weighted by molar-refractivity contribution is -0.140. The molecule has 0 fully saturated rings. The number of carbonyl (C=O) groups is 1. The van der Waals surface area contributed by atoms with E-state index in [-0.39, 0.29) is 11.5 Å². The summed E-state index contributed by atoms with van der Waals surface area (Å²) in [6, 6.07) is 17.8. The molecule has 0 amide bonds. The van der Waals surface area contributed by atoms with Crippen molar-refractivity contribution in [1.82, 2.24) is 4.57 Å². The summed E-state index contributed by atoms with van der Waals surface area (Å²) in [5.74, 6) is 6.11. The number of esters is 1. The van der Waals surface area contributed by atoms with Gasteiger partial charge in [0.25, 0.3) is 5.56 Å². The topological polar surface area (TPSA) is 48.3 Å². The van der Waals surface area contributed by atoms with Crippen LogP contribution in [0.4, 0.5) is 0 Å². The number of benzene rings is 2. The number of methoxy groups -OCH3 is 1. The minimum Gasteiger partial charge on any atom is -0.469 e. The van der Waals surface area contributed by atoms with Gasteiger partial charge in [-0.1, -0.05) is 48.2 Å². The van der Waals surface area contributed by atoms with Crippen molar-refractivity contribution < 1.29 is 9.53 Å². The molecular weight excluding hydrogens is 350 g/mol. The second-order valence-corrected chi connectivity index (χ2v) is 6.61. The van der Waals surface area contributed by atoms with Crippen molar-refractivity contribution in [3.05, 3.63) is 82.3 Å². The molecule has 2 aromatic carbocycles. The molecule has 4 heteroatoms. The van der Waals surface area contributed by atoms with E-state index >= 15 is 0 Å². The zero-order chi connectivity index (χ0) is 19.8. The van der Waals surface area contributed by atoms with Crippen LogP contribution in [0.25, 0.3) is 10.8 Å². The van der Waals surface area contributed by atoms with Gasteiger partial charge in [0.15, 0.2) is 0 Å². The molecule has 0 aliphatic carbocycles. The third-order valence-electron chi connectivity index (χ3n) is 4.60. The van der Waals surface area contributed by atoms with Crippen molar-refractivity contribution in [2.24, 2.45) is 0 Å². The van der Waals surface area contributed by atoms with Gasteiger partial charge in [0.1, 0.15) is 0 Å². The first-order valence-corrected chi connectivity index (χ1v) is 9.40. The fourth-order valence-electron chi connectivity index (χ4n) is 3.03. The monoisotopic (exact) mass is 373 g/mol. The molecule has 1 heterocycles. The summed E-state index contributed by atoms with van der Waals surface area (Å²) in [6.07, 6.45) is 4.31. The van der Waals surface area contributed by atoms with Crippen LogP contribution in [0.1, 0.15) is 30.4 Å². The van der Waals surface area contributed by atoms with Gasteiger partial charge in [-0.2, -0.15) is 0 Å². The second-order valence-electron chi connectivity index (χ2n) is 6.61. The summed E-state index contributed by atoms with van der Waals surface area (Å²) >= 11 is 0. The maximum Gasteiger partial charge on any atom is 0.305 e. The van der Waals surface area contributed by atoms with Crippen LogP contribution in [0, 0.1) is 11.8 Å². The molecule has 0 saturated carbocycles. The number of ether oxygens (including phenoxy) is 1. The fourth-order valence-corrected chi connectivity index (χ4v) is 3.03. The zero-order valence-electron chi connectivity index (χ0n) is 16.0. The molecule has 0 radical (unpaired) electrons. The molecule has 28 heavy (non-hydrogen) atoms. The number of aryl methyl sites for hydroxylation is 1. The van der Waals surface area contributed by atoms with Gasteiger partial charge < -0.3 is 9.30 Å². The minimum absolute atomic E-state index is 0.0257. The van der Waals surface area contributed by atoms with E-state index in [0.717, 1.165) is 17.4 Å². The largest absolute Gasteiger partial charge is 0.469 e. The smallest absolute Gasteiger partial charge is 0.305 e. The minimum atomic E-state index is -0.218. The van der Waals surface area contributed by atoms with E-state index in [1.165, 1.54) is 12.7 Å². The molecule has 3 rings (SSSR count). The van der Waals surface area contributed by atoms with E-state index < -0.39 is 0 Å². The number of hydrogen-bond donors (Lipinski definition) is 0. The van der Waals surface area contributed by atoms with E-state index in [2.05, 4.69) is 16.6 Å². The molecule has 0 atom stereocenters. The summed E-state index contributed by atoms with van der Waals surface area (Å²) < 4.78 is 6.33. The maximum atomic E-state index is 12.8. The first-order valence-electron chi connectivity index (χ1n) is 9.40. The molecule has 3 aromatic rings. The first kappa shape index (κ1) is 19.4. The molecule has 0 unspecified atom stereocenters. The molecule has 0 spiro atoms. The van der Waals surface area contributed by atoms with E-state index in [0.29, 0.717) is 31.2 Å². The normalized spacial score (nSPS) is 10.3. The number of rotatable bonds is 6. The summed E-state index contributed by atoms with van der Waals surface area (Å²) in [7, 11) is 1.39. The highest BCUT2D eigenvalue weighted by Crippen LogP contribution is 2.12. The lowest BCUT2D eigenvalue weighted by atomic mass is 10.1. The number of nitrogens with zero attached hydrogens (tertiary/aromatic N) is 1. The Kier molecular flexibility index (Phi) is 6.64. The Bertz CT molecular complexity index is 1070. The fraction of sp³-hybridized carbons (Fsp3) is 0.250. The summed E-state index contributed by atoms with van der Waals surface area (Å²) in [4.78, 5) is 24.0. The van der Waals surface area contributed by atoms with Crippen molar-refractivity contribution in [1.29, 1.82) is 0 Å². The summed E-state index contributed by atoms with van der Waals surface area (Å²) in [6.45, 7) is 0.579. The van der Waals surface area contributed by atoms with Crippen LogP contribution in [0.3, 0.4) is 0 Å². The Hall–Kier alpha value is -3.32. The van der Waals surface area contributed by atoms with Gasteiger partial charge >= 0.3 is 5.97 Å². The van der Waals surface area contributed by atoms with Gasteiger partial charge in [-0.3, -0.25) is 9.59 Å². The number of hydrogen-bond acceptors (Lipinski definition) is 3. The average molecular weight is 373 g/mol. The molecule has 4 nitrogen and oxygen atoms in total. The Morgan fingerprint density at radius 2 is 1.89 bits per heavy atom. The SMILES string of the molecule is COC(=O)CCCCn1ccc2ccc(C#CCc3ccccc3)cc2c1=O. The quantitative estimate of drug-likeness (QED) is 0.374. The standard InChI is InChI=1S/C24H23NO3/c1-28-23(26)12-5-6-16-25-17-15-21-14-13-20(18-22(21)24(25)27)11-7-10-19-8-3-2-4-9-19/h2-4,8-9,13-15,17-18H,5-6,10,12,16H2,1H3. The number of pyridine rings is 1. The summed E-state index contributed by atoms with van der Waals surface area (Å²) in [5.41, 5.74) is 1.98. The van der Waals surface area contributed by atoms with Gasteiger partial charge in [-0.25, -0.2) is 0 Å². The number of unbranched alkanes of at least 4 members (excludes halogenated alkanes) is 1. The van der Waals surface area contributed by atoms with Gasteiger partial charge in [-0.05, 0) is 42.0 Å². The maximum absolute atomic E-state index is 12.8. The molecular formula is C24H23NO3. The number of fused-ring (bicyclic) bond motifs is 1. The van der Waals surface area contributed by atoms with Crippen molar-refractivity contribution >= 4 is 16.7 Å². The van der Waals surface area contributed by atoms with Crippen LogP contribution in [0.15, 0.2) is 65.6 Å². The predicted octanol–water partition coefficient (Wildman–Crippen LogP) is 3.94. The van der Waals surface area contributed by atoms with E-state index in [4.69, 9.17) is 0 Å². The van der Waals surface area contributed by atoms with Crippen LogP contribution < -0.4 is 5.56 Å². The Balaban J connectivity index is 1.72. The van der Waals surface area contributed by atoms with Crippen molar-refractivity contribution in [3.8, 4) is 11.8 Å². The Morgan fingerprint density at radius 1 is 1.07 bits per heavy atom. The Labute approximate surface area is 164 Å². The summed E-state index contributed by atoms with van der Waals surface area (Å²) in [5, 5.41) is 1.58. The Morgan fingerprint density at radius 3 is 2.68 bits per heavy atom. The van der Waals surface area contributed by atoms with Crippen molar-refractivity contribution in [2.75, 3.05) is 7.11 Å². The predicted molar refractivity (Wildman–Crippen MR) is 111 cm³/mol. The lowest BCUT2D eigenvalue weighted by Gasteiger charge is -2.07. The highest BCUT2D eigenvalue weighted by Gasteiger charge is 2.05. The highest BCUT2D eigenvalue weighted by molar-refractivity contribution is 5.82. The van der Waals surface area contributed by atoms with Gasteiger partial charge in [0.2, 0.25) is 0 Å². The van der Waals surface area contributed by atoms with Crippen LogP contribution >= 0.6 is 0 Å². The first-order chi connectivity index (χ1) is 13.7. The van der Waals surface area contributed by atoms with Crippen LogP contribution in [0.5, 0.6) is 0 Å². The van der Waals surface area contributed by atoms with Crippen molar-refractivity contribution in [3.63, 3.8) is 0 Å². The third kappa shape index (κ3) is 5.11. The van der Waals surface area contributed by atoms with E-state index in [1.807, 2.05) is 60.8 Å². The van der Waals surface area contributed by atoms with Gasteiger partial charge in [-0.15, -0.1) is 0 Å². The molecule has 0 saturated heterocycles. The zero-order valence-corrected chi connectivity index (χ0v) is 16.0. The van der Waals surface area contributed by atoms with E-state index in [1.54, 1.807) is 4.57 Å². The molecule has 0 bridgehead atoms. The number of carbonyl (C=O) groups excluding carboxylic acids is 1. The number of aromatic nitrogens is 1. The molecule has 0 N–H and O–H groups in total. The third-order valence-corrected chi connectivity index (χ3v) is 4.60. The van der Waals surface area contributed by atoms with Crippen LogP contribution in [0.2, 0.25) is 0 Å². The molecule has 1 aromatic heterocycles. The van der Waals surface area contributed by atoms with E-state index in [9.17, 15) is 9.59 Å². The molecule has 142 valence electrons. The lowest BCUT2D eigenvalue weighted by Crippen LogP contribution is -2.19. The van der Waals surface area contributed by atoms with Crippen LogP contribution in [-0.2, 0) is 22.5 Å². The molecule has 0 aliphatic rings. The molecule has 0 aliphatic heterocycles. The highest BCUT2D eigenvalue weighted by atomic mass is 16.5.